The first kappa shape index (κ1) is 12.0. The highest BCUT2D eigenvalue weighted by Crippen LogP contribution is 2.30. The van der Waals surface area contributed by atoms with E-state index >= 15 is 0 Å². The Morgan fingerprint density at radius 3 is 2.60 bits per heavy atom. The molecule has 1 fully saturated rings. The van der Waals surface area contributed by atoms with Gasteiger partial charge in [-0.15, -0.1) is 0 Å². The van der Waals surface area contributed by atoms with Crippen molar-refractivity contribution in [3.05, 3.63) is 0 Å². The summed E-state index contributed by atoms with van der Waals surface area (Å²) >= 11 is 0. The van der Waals surface area contributed by atoms with Gasteiger partial charge in [-0.05, 0) is 25.2 Å². The quantitative estimate of drug-likeness (QED) is 0.756. The lowest BCUT2D eigenvalue weighted by atomic mass is 9.85. The molecule has 1 N–H and O–H groups in total. The van der Waals surface area contributed by atoms with Crippen LogP contribution in [0.2, 0.25) is 0 Å². The summed E-state index contributed by atoms with van der Waals surface area (Å²) in [5.41, 5.74) is 0.142. The summed E-state index contributed by atoms with van der Waals surface area (Å²) in [6, 6.07) is -0.702. The van der Waals surface area contributed by atoms with Crippen molar-refractivity contribution in [1.29, 1.82) is 0 Å². The van der Waals surface area contributed by atoms with E-state index < -0.39 is 12.0 Å². The van der Waals surface area contributed by atoms with Crippen LogP contribution in [0.25, 0.3) is 0 Å². The molecule has 4 heteroatoms. The van der Waals surface area contributed by atoms with E-state index in [0.717, 1.165) is 12.8 Å². The van der Waals surface area contributed by atoms with Gasteiger partial charge in [0, 0.05) is 13.0 Å². The normalized spacial score (nSPS) is 23.4. The van der Waals surface area contributed by atoms with E-state index in [-0.39, 0.29) is 11.3 Å². The highest BCUT2D eigenvalue weighted by molar-refractivity contribution is 5.83. The smallest absolute Gasteiger partial charge is 0.326 e. The molecule has 0 aromatic heterocycles. The number of rotatable bonds is 2. The first-order chi connectivity index (χ1) is 6.83. The van der Waals surface area contributed by atoms with Gasteiger partial charge < -0.3 is 10.0 Å². The summed E-state index contributed by atoms with van der Waals surface area (Å²) in [4.78, 5) is 24.0. The van der Waals surface area contributed by atoms with Crippen LogP contribution in [-0.2, 0) is 9.59 Å². The van der Waals surface area contributed by atoms with E-state index in [2.05, 4.69) is 13.8 Å². The molecule has 1 amide bonds. The Bertz CT molecular complexity index is 273. The molecule has 1 saturated heterocycles. The molecule has 1 unspecified atom stereocenters. The lowest BCUT2D eigenvalue weighted by molar-refractivity contribution is -0.149. The number of amides is 1. The molecule has 4 nitrogen and oxygen atoms in total. The Labute approximate surface area is 90.3 Å². The van der Waals surface area contributed by atoms with Crippen LogP contribution in [0.1, 0.15) is 40.0 Å². The van der Waals surface area contributed by atoms with Gasteiger partial charge in [0.1, 0.15) is 6.04 Å². The summed E-state index contributed by atoms with van der Waals surface area (Å²) in [5, 5.41) is 8.88. The van der Waals surface area contributed by atoms with Gasteiger partial charge in [0.05, 0.1) is 0 Å². The lowest BCUT2D eigenvalue weighted by Crippen LogP contribution is -2.43. The topological polar surface area (TPSA) is 57.6 Å². The number of aliphatic carboxylic acids is 1. The minimum absolute atomic E-state index is 0.0320. The first-order valence-electron chi connectivity index (χ1n) is 5.36. The number of carbonyl (C=O) groups is 2. The molecular formula is C11H19NO3. The molecular weight excluding hydrogens is 194 g/mol. The van der Waals surface area contributed by atoms with E-state index in [0.29, 0.717) is 13.0 Å². The third-order valence-corrected chi connectivity index (χ3v) is 3.19. The number of likely N-dealkylation sites (tertiary alicyclic amines) is 1. The molecule has 1 rings (SSSR count). The molecule has 1 aliphatic heterocycles. The molecule has 0 aromatic rings. The van der Waals surface area contributed by atoms with Gasteiger partial charge in [0.25, 0.3) is 0 Å². The predicted molar refractivity (Wildman–Crippen MR) is 56.4 cm³/mol. The zero-order valence-corrected chi connectivity index (χ0v) is 9.62. The average molecular weight is 213 g/mol. The van der Waals surface area contributed by atoms with Crippen molar-refractivity contribution in [3.63, 3.8) is 0 Å². The van der Waals surface area contributed by atoms with E-state index in [1.807, 2.05) is 0 Å². The van der Waals surface area contributed by atoms with Gasteiger partial charge >= 0.3 is 5.97 Å². The van der Waals surface area contributed by atoms with Crippen molar-refractivity contribution in [2.45, 2.75) is 46.1 Å². The molecule has 86 valence electrons. The summed E-state index contributed by atoms with van der Waals surface area (Å²) in [6.45, 7) is 6.36. The third kappa shape index (κ3) is 2.94. The van der Waals surface area contributed by atoms with Crippen molar-refractivity contribution in [2.75, 3.05) is 6.54 Å². The molecule has 15 heavy (non-hydrogen) atoms. The molecule has 0 spiro atoms. The van der Waals surface area contributed by atoms with E-state index in [1.54, 1.807) is 6.92 Å². The molecule has 0 bridgehead atoms. The Kier molecular flexibility index (Phi) is 3.37. The lowest BCUT2D eigenvalue weighted by Gasteiger charge is -2.26. The van der Waals surface area contributed by atoms with Crippen LogP contribution in [0, 0.1) is 5.41 Å². The van der Waals surface area contributed by atoms with Crippen LogP contribution in [-0.4, -0.2) is 34.5 Å². The van der Waals surface area contributed by atoms with E-state index in [4.69, 9.17) is 5.11 Å². The average Bonchev–Trinajstić information content (AvgIpc) is 2.26. The fourth-order valence-corrected chi connectivity index (χ4v) is 1.80. The maximum absolute atomic E-state index is 11.7. The largest absolute Gasteiger partial charge is 0.480 e. The van der Waals surface area contributed by atoms with Crippen LogP contribution in [0.15, 0.2) is 0 Å². The summed E-state index contributed by atoms with van der Waals surface area (Å²) < 4.78 is 0. The minimum atomic E-state index is -0.928. The molecule has 1 heterocycles. The van der Waals surface area contributed by atoms with Crippen LogP contribution in [0.3, 0.4) is 0 Å². The fraction of sp³-hybridized carbons (Fsp3) is 0.818. The molecule has 0 aromatic carbocycles. The predicted octanol–water partition coefficient (Wildman–Crippen LogP) is 1.50. The number of carbonyl (C=O) groups excluding carboxylic acids is 1. The highest BCUT2D eigenvalue weighted by atomic mass is 16.4. The first-order valence-corrected chi connectivity index (χ1v) is 5.36. The maximum atomic E-state index is 11.7. The SMILES string of the molecule is CC(C(=O)O)N1CCC(C)(C)CCC1=O. The van der Waals surface area contributed by atoms with Crippen molar-refractivity contribution >= 4 is 11.9 Å². The number of carboxylic acids is 1. The van der Waals surface area contributed by atoms with Crippen molar-refractivity contribution in [3.8, 4) is 0 Å². The number of nitrogens with zero attached hydrogens (tertiary/aromatic N) is 1. The standard InChI is InChI=1S/C11H19NO3/c1-8(10(14)15)12-7-6-11(2,3)5-4-9(12)13/h8H,4-7H2,1-3H3,(H,14,15). The minimum Gasteiger partial charge on any atom is -0.480 e. The maximum Gasteiger partial charge on any atom is 0.326 e. The van der Waals surface area contributed by atoms with Crippen molar-refractivity contribution in [1.82, 2.24) is 4.90 Å². The van der Waals surface area contributed by atoms with Crippen LogP contribution in [0.5, 0.6) is 0 Å². The van der Waals surface area contributed by atoms with E-state index in [1.165, 1.54) is 4.90 Å². The van der Waals surface area contributed by atoms with Crippen LogP contribution in [0.4, 0.5) is 0 Å². The number of hydrogen-bond acceptors (Lipinski definition) is 2. The second-order valence-corrected chi connectivity index (χ2v) is 5.02. The van der Waals surface area contributed by atoms with Gasteiger partial charge in [-0.1, -0.05) is 13.8 Å². The molecule has 0 aliphatic carbocycles. The highest BCUT2D eigenvalue weighted by Gasteiger charge is 2.31. The second-order valence-electron chi connectivity index (χ2n) is 5.02. The number of carboxylic acid groups (broad SMARTS) is 1. The molecule has 1 aliphatic rings. The van der Waals surface area contributed by atoms with Gasteiger partial charge in [-0.3, -0.25) is 4.79 Å². The van der Waals surface area contributed by atoms with E-state index in [9.17, 15) is 9.59 Å². The summed E-state index contributed by atoms with van der Waals surface area (Å²) in [7, 11) is 0. The van der Waals surface area contributed by atoms with Gasteiger partial charge in [-0.2, -0.15) is 0 Å². The van der Waals surface area contributed by atoms with Gasteiger partial charge in [0.2, 0.25) is 5.91 Å². The molecule has 0 radical (unpaired) electrons. The second kappa shape index (κ2) is 4.21. The van der Waals surface area contributed by atoms with Gasteiger partial charge in [0.15, 0.2) is 0 Å². The molecule has 1 atom stereocenters. The molecule has 0 saturated carbocycles. The third-order valence-electron chi connectivity index (χ3n) is 3.19. The fourth-order valence-electron chi connectivity index (χ4n) is 1.80. The summed E-state index contributed by atoms with van der Waals surface area (Å²) in [6.07, 6.45) is 2.18. The van der Waals surface area contributed by atoms with Crippen LogP contribution < -0.4 is 0 Å². The Morgan fingerprint density at radius 2 is 2.07 bits per heavy atom. The van der Waals surface area contributed by atoms with Crippen LogP contribution >= 0.6 is 0 Å². The summed E-state index contributed by atoms with van der Waals surface area (Å²) in [5.74, 6) is -0.960. The van der Waals surface area contributed by atoms with Crippen molar-refractivity contribution in [2.24, 2.45) is 5.41 Å². The zero-order valence-electron chi connectivity index (χ0n) is 9.62. The monoisotopic (exact) mass is 213 g/mol. The zero-order chi connectivity index (χ0) is 11.6. The Hall–Kier alpha value is -1.06. The van der Waals surface area contributed by atoms with Crippen molar-refractivity contribution < 1.29 is 14.7 Å². The number of hydrogen-bond donors (Lipinski definition) is 1. The Morgan fingerprint density at radius 1 is 1.47 bits per heavy atom. The van der Waals surface area contributed by atoms with Gasteiger partial charge in [-0.25, -0.2) is 4.79 Å². The Balaban J connectivity index is 2.74.